The molecule has 1 aromatic carbocycles. The van der Waals surface area contributed by atoms with Gasteiger partial charge in [0.05, 0.1) is 11.6 Å². The van der Waals surface area contributed by atoms with Gasteiger partial charge in [0.2, 0.25) is 0 Å². The van der Waals surface area contributed by atoms with Crippen molar-refractivity contribution >= 4 is 12.0 Å². The van der Waals surface area contributed by atoms with Crippen molar-refractivity contribution in [2.75, 3.05) is 6.61 Å². The molecule has 0 spiro atoms. The van der Waals surface area contributed by atoms with E-state index >= 15 is 0 Å². The maximum Gasteiger partial charge on any atom is 0.408 e. The highest BCUT2D eigenvalue weighted by molar-refractivity contribution is 5.78. The van der Waals surface area contributed by atoms with Crippen LogP contribution in [0.25, 0.3) is 0 Å². The summed E-state index contributed by atoms with van der Waals surface area (Å²) in [6.45, 7) is 6.89. The second kappa shape index (κ2) is 8.06. The topological polar surface area (TPSA) is 96.9 Å². The van der Waals surface area contributed by atoms with E-state index in [0.717, 1.165) is 0 Å². The average Bonchev–Trinajstić information content (AvgIpc) is 2.61. The first kappa shape index (κ1) is 22.3. The summed E-state index contributed by atoms with van der Waals surface area (Å²) in [5.74, 6) is -0.192. The lowest BCUT2D eigenvalue weighted by molar-refractivity contribution is -0.129. The highest BCUT2D eigenvalue weighted by Crippen LogP contribution is 2.47. The van der Waals surface area contributed by atoms with Crippen molar-refractivity contribution in [3.63, 3.8) is 0 Å². The van der Waals surface area contributed by atoms with Crippen LogP contribution in [0.4, 0.5) is 9.18 Å². The fraction of sp³-hybridized carbons (Fsp3) is 0.636. The van der Waals surface area contributed by atoms with Crippen LogP contribution in [-0.2, 0) is 9.53 Å². The number of hydrogen-bond donors (Lipinski definition) is 3. The molecule has 0 aliphatic heterocycles. The van der Waals surface area contributed by atoms with E-state index in [-0.39, 0.29) is 18.3 Å². The van der Waals surface area contributed by atoms with Crippen LogP contribution < -0.4 is 15.4 Å². The Hall–Kier alpha value is -2.35. The molecule has 0 heterocycles. The molecule has 2 bridgehead atoms. The van der Waals surface area contributed by atoms with Crippen molar-refractivity contribution in [2.45, 2.75) is 82.6 Å². The molecule has 8 heteroatoms. The standard InChI is InChI=1S/C22H31FN2O5/c1-14-11-15(23)5-6-16(14)29-13-18(27)24-21-7-9-22(10-8-21,17(26)12-21)25-19(28)30-20(2,3)4/h5-6,11,17,26H,7-10,12-13H2,1-4H3,(H,24,27)(H,25,28)/t17-,21?,22?/m1/s1. The van der Waals surface area contributed by atoms with Gasteiger partial charge in [0.25, 0.3) is 5.91 Å². The molecule has 4 rings (SSSR count). The first-order valence-corrected chi connectivity index (χ1v) is 10.3. The number of aliphatic hydroxyl groups excluding tert-OH is 1. The molecule has 3 N–H and O–H groups in total. The molecular formula is C22H31FN2O5. The Bertz CT molecular complexity index is 812. The smallest absolute Gasteiger partial charge is 0.408 e. The Kier molecular flexibility index (Phi) is 6.00. The summed E-state index contributed by atoms with van der Waals surface area (Å²) in [6.07, 6.45) is 1.40. The fourth-order valence-corrected chi connectivity index (χ4v) is 4.42. The minimum atomic E-state index is -0.784. The van der Waals surface area contributed by atoms with E-state index in [9.17, 15) is 19.1 Å². The number of benzene rings is 1. The summed E-state index contributed by atoms with van der Waals surface area (Å²) in [7, 11) is 0. The highest BCUT2D eigenvalue weighted by atomic mass is 19.1. The lowest BCUT2D eigenvalue weighted by Gasteiger charge is -2.56. The zero-order valence-corrected chi connectivity index (χ0v) is 18.0. The van der Waals surface area contributed by atoms with Crippen molar-refractivity contribution in [2.24, 2.45) is 0 Å². The molecule has 7 nitrogen and oxygen atoms in total. The van der Waals surface area contributed by atoms with Gasteiger partial charge in [0.1, 0.15) is 17.2 Å². The number of halogens is 1. The zero-order valence-electron chi connectivity index (χ0n) is 18.0. The molecule has 0 aromatic heterocycles. The van der Waals surface area contributed by atoms with Crippen LogP contribution in [0.15, 0.2) is 18.2 Å². The molecule has 3 aliphatic carbocycles. The third-order valence-electron chi connectivity index (χ3n) is 5.97. The number of rotatable bonds is 5. The lowest BCUT2D eigenvalue weighted by atomic mass is 9.60. The zero-order chi connectivity index (χ0) is 22.2. The van der Waals surface area contributed by atoms with Gasteiger partial charge in [0.15, 0.2) is 6.61 Å². The van der Waals surface area contributed by atoms with Crippen LogP contribution in [0.5, 0.6) is 5.75 Å². The van der Waals surface area contributed by atoms with Gasteiger partial charge in [-0.1, -0.05) is 0 Å². The lowest BCUT2D eigenvalue weighted by Crippen LogP contribution is -2.70. The third-order valence-corrected chi connectivity index (χ3v) is 5.97. The summed E-state index contributed by atoms with van der Waals surface area (Å²) in [5.41, 5.74) is -1.24. The number of carbonyl (C=O) groups is 2. The minimum absolute atomic E-state index is 0.189. The second-order valence-electron chi connectivity index (χ2n) is 9.53. The van der Waals surface area contributed by atoms with Crippen molar-refractivity contribution in [3.05, 3.63) is 29.6 Å². The van der Waals surface area contributed by atoms with Gasteiger partial charge in [-0.25, -0.2) is 9.18 Å². The first-order valence-electron chi connectivity index (χ1n) is 10.3. The van der Waals surface area contributed by atoms with E-state index in [0.29, 0.717) is 43.4 Å². The summed E-state index contributed by atoms with van der Waals surface area (Å²) in [6, 6.07) is 4.13. The van der Waals surface area contributed by atoms with Crippen LogP contribution in [-0.4, -0.2) is 46.5 Å². The molecule has 0 radical (unpaired) electrons. The average molecular weight is 422 g/mol. The normalized spacial score (nSPS) is 28.0. The van der Waals surface area contributed by atoms with Crippen LogP contribution in [0.3, 0.4) is 0 Å². The van der Waals surface area contributed by atoms with Gasteiger partial charge in [0, 0.05) is 5.54 Å². The van der Waals surface area contributed by atoms with Gasteiger partial charge in [-0.3, -0.25) is 4.79 Å². The number of aliphatic hydroxyl groups is 1. The maximum absolute atomic E-state index is 13.2. The van der Waals surface area contributed by atoms with Crippen LogP contribution in [0, 0.1) is 12.7 Å². The van der Waals surface area contributed by atoms with Crippen LogP contribution in [0.1, 0.15) is 58.4 Å². The summed E-state index contributed by atoms with van der Waals surface area (Å²) in [5, 5.41) is 16.7. The minimum Gasteiger partial charge on any atom is -0.484 e. The second-order valence-corrected chi connectivity index (χ2v) is 9.53. The Morgan fingerprint density at radius 3 is 2.43 bits per heavy atom. The van der Waals surface area contributed by atoms with Crippen molar-refractivity contribution < 1.29 is 28.6 Å². The molecule has 3 fully saturated rings. The molecule has 3 saturated carbocycles. The Balaban J connectivity index is 1.55. The van der Waals surface area contributed by atoms with Crippen molar-refractivity contribution in [3.8, 4) is 5.75 Å². The predicted octanol–water partition coefficient (Wildman–Crippen LogP) is 2.97. The molecular weight excluding hydrogens is 391 g/mol. The SMILES string of the molecule is Cc1cc(F)ccc1OCC(=O)NC12CCC(NC(=O)OC(C)(C)C)(CC1)[C@H](O)C2. The number of hydrogen-bond acceptors (Lipinski definition) is 5. The van der Waals surface area contributed by atoms with Crippen LogP contribution >= 0.6 is 0 Å². The van der Waals surface area contributed by atoms with Gasteiger partial charge in [-0.05, 0) is 83.6 Å². The van der Waals surface area contributed by atoms with E-state index < -0.39 is 28.9 Å². The van der Waals surface area contributed by atoms with E-state index in [4.69, 9.17) is 9.47 Å². The summed E-state index contributed by atoms with van der Waals surface area (Å²) >= 11 is 0. The number of carbonyl (C=O) groups excluding carboxylic acids is 2. The van der Waals surface area contributed by atoms with E-state index in [2.05, 4.69) is 10.6 Å². The monoisotopic (exact) mass is 422 g/mol. The van der Waals surface area contributed by atoms with E-state index in [1.165, 1.54) is 18.2 Å². The van der Waals surface area contributed by atoms with Crippen LogP contribution in [0.2, 0.25) is 0 Å². The summed E-state index contributed by atoms with van der Waals surface area (Å²) < 4.78 is 24.1. The predicted molar refractivity (Wildman–Crippen MR) is 109 cm³/mol. The third kappa shape index (κ3) is 5.03. The van der Waals surface area contributed by atoms with Gasteiger partial charge < -0.3 is 25.2 Å². The Labute approximate surface area is 176 Å². The highest BCUT2D eigenvalue weighted by Gasteiger charge is 2.55. The Morgan fingerprint density at radius 1 is 1.20 bits per heavy atom. The molecule has 1 aromatic rings. The number of fused-ring (bicyclic) bond motifs is 3. The number of aryl methyl sites for hydroxylation is 1. The first-order chi connectivity index (χ1) is 13.9. The Morgan fingerprint density at radius 2 is 1.87 bits per heavy atom. The molecule has 30 heavy (non-hydrogen) atoms. The molecule has 0 unspecified atom stereocenters. The van der Waals surface area contributed by atoms with Crippen molar-refractivity contribution in [1.82, 2.24) is 10.6 Å². The van der Waals surface area contributed by atoms with Gasteiger partial charge in [-0.15, -0.1) is 0 Å². The van der Waals surface area contributed by atoms with Crippen molar-refractivity contribution in [1.29, 1.82) is 0 Å². The van der Waals surface area contributed by atoms with E-state index in [1.54, 1.807) is 27.7 Å². The van der Waals surface area contributed by atoms with Gasteiger partial charge >= 0.3 is 6.09 Å². The molecule has 2 amide bonds. The molecule has 166 valence electrons. The number of nitrogens with one attached hydrogen (secondary N) is 2. The molecule has 0 saturated heterocycles. The number of alkyl carbamates (subject to hydrolysis) is 1. The van der Waals surface area contributed by atoms with Gasteiger partial charge in [-0.2, -0.15) is 0 Å². The molecule has 3 aliphatic rings. The fourth-order valence-electron chi connectivity index (χ4n) is 4.42. The maximum atomic E-state index is 13.2. The van der Waals surface area contributed by atoms with E-state index in [1.807, 2.05) is 0 Å². The number of ether oxygens (including phenoxy) is 2. The quantitative estimate of drug-likeness (QED) is 0.678. The molecule has 1 atom stereocenters. The number of amides is 2. The largest absolute Gasteiger partial charge is 0.484 e. The summed E-state index contributed by atoms with van der Waals surface area (Å²) in [4.78, 5) is 24.7.